The van der Waals surface area contributed by atoms with Gasteiger partial charge >= 0.3 is 0 Å². The fraction of sp³-hybridized carbons (Fsp3) is 0.308. The Balaban J connectivity index is 1.44. The van der Waals surface area contributed by atoms with Gasteiger partial charge in [0.1, 0.15) is 0 Å². The first-order valence-corrected chi connectivity index (χ1v) is 11.2. The Morgan fingerprint density at radius 3 is 2.52 bits per heavy atom. The third kappa shape index (κ3) is 5.19. The minimum absolute atomic E-state index is 0.0742. The van der Waals surface area contributed by atoms with Crippen LogP contribution in [0.5, 0.6) is 0 Å². The van der Waals surface area contributed by atoms with E-state index in [9.17, 15) is 9.59 Å². The second-order valence-electron chi connectivity index (χ2n) is 8.63. The van der Waals surface area contributed by atoms with E-state index in [1.165, 1.54) is 0 Å². The maximum Gasteiger partial charge on any atom is 0.258 e. The number of nitrogens with zero attached hydrogens (tertiary/aromatic N) is 3. The molecule has 0 bridgehead atoms. The molecular weight excluding hydrogens is 414 g/mol. The topological polar surface area (TPSA) is 101 Å². The van der Waals surface area contributed by atoms with Crippen molar-refractivity contribution >= 4 is 29.1 Å². The molecule has 0 aliphatic heterocycles. The van der Waals surface area contributed by atoms with Gasteiger partial charge in [0, 0.05) is 41.8 Å². The molecule has 0 unspecified atom stereocenters. The van der Waals surface area contributed by atoms with Crippen LogP contribution in [0, 0.1) is 18.8 Å². The smallest absolute Gasteiger partial charge is 0.258 e. The lowest BCUT2D eigenvalue weighted by Gasteiger charge is -2.18. The monoisotopic (exact) mass is 443 g/mol. The average molecular weight is 444 g/mol. The highest BCUT2D eigenvalue weighted by molar-refractivity contribution is 6.05. The van der Waals surface area contributed by atoms with Crippen LogP contribution in [0.4, 0.5) is 17.3 Å². The molecule has 3 N–H and O–H groups in total. The Morgan fingerprint density at radius 2 is 1.82 bits per heavy atom. The van der Waals surface area contributed by atoms with E-state index in [4.69, 9.17) is 10.7 Å². The first-order valence-electron chi connectivity index (χ1n) is 11.2. The lowest BCUT2D eigenvalue weighted by molar-refractivity contribution is -0.122. The summed E-state index contributed by atoms with van der Waals surface area (Å²) in [5, 5.41) is 3.22. The van der Waals surface area contributed by atoms with E-state index in [1.54, 1.807) is 30.3 Å². The van der Waals surface area contributed by atoms with Crippen LogP contribution in [0.1, 0.15) is 40.9 Å². The number of primary amides is 1. The Bertz CT molecular complexity index is 1130. The number of rotatable bonds is 7. The lowest BCUT2D eigenvalue weighted by atomic mass is 9.90. The molecular formula is C26H29N5O2. The zero-order valence-electron chi connectivity index (χ0n) is 19.0. The van der Waals surface area contributed by atoms with Gasteiger partial charge in [-0.05, 0) is 74.1 Å². The molecule has 7 heteroatoms. The molecule has 2 amide bonds. The van der Waals surface area contributed by atoms with E-state index < -0.39 is 0 Å². The zero-order valence-corrected chi connectivity index (χ0v) is 19.0. The van der Waals surface area contributed by atoms with Crippen molar-refractivity contribution in [3.63, 3.8) is 0 Å². The van der Waals surface area contributed by atoms with Crippen LogP contribution in [-0.2, 0) is 11.2 Å². The van der Waals surface area contributed by atoms with E-state index in [2.05, 4.69) is 10.3 Å². The molecule has 0 saturated heterocycles. The normalized spacial score (nSPS) is 17.5. The molecule has 3 aromatic rings. The number of hydrogen-bond acceptors (Lipinski definition) is 5. The predicted octanol–water partition coefficient (Wildman–Crippen LogP) is 4.25. The van der Waals surface area contributed by atoms with Gasteiger partial charge in [-0.2, -0.15) is 0 Å². The average Bonchev–Trinajstić information content (AvgIpc) is 3.30. The summed E-state index contributed by atoms with van der Waals surface area (Å²) >= 11 is 0. The molecule has 1 fully saturated rings. The van der Waals surface area contributed by atoms with Gasteiger partial charge in [0.05, 0.1) is 0 Å². The lowest BCUT2D eigenvalue weighted by Crippen LogP contribution is -2.27. The third-order valence-corrected chi connectivity index (χ3v) is 6.39. The second kappa shape index (κ2) is 9.81. The van der Waals surface area contributed by atoms with Gasteiger partial charge in [-0.1, -0.05) is 24.6 Å². The van der Waals surface area contributed by atoms with Crippen molar-refractivity contribution in [3.05, 3.63) is 77.6 Å². The summed E-state index contributed by atoms with van der Waals surface area (Å²) in [6.07, 6.45) is 5.39. The van der Waals surface area contributed by atoms with Crippen LogP contribution >= 0.6 is 0 Å². The fourth-order valence-corrected chi connectivity index (χ4v) is 4.44. The number of para-hydroxylation sites is 1. The van der Waals surface area contributed by atoms with Crippen molar-refractivity contribution < 1.29 is 9.59 Å². The summed E-state index contributed by atoms with van der Waals surface area (Å²) in [6.45, 7) is 1.98. The van der Waals surface area contributed by atoms with E-state index in [0.717, 1.165) is 48.3 Å². The standard InChI is InChI=1S/C26H29N5O2/c1-17-16-28-26(30-23(17)15-19-7-6-10-22(19)24(27)32)29-20-13-11-18(12-14-20)25(33)31(2)21-8-4-3-5-9-21/h3-5,8-9,11-14,16,19,22H,6-7,10,15H2,1-2H3,(H2,27,32)(H,28,29,30)/t19-,22-/m0/s1. The van der Waals surface area contributed by atoms with Crippen molar-refractivity contribution in [2.24, 2.45) is 17.6 Å². The van der Waals surface area contributed by atoms with Crippen molar-refractivity contribution in [1.29, 1.82) is 0 Å². The molecule has 1 heterocycles. The Hall–Kier alpha value is -3.74. The van der Waals surface area contributed by atoms with E-state index in [-0.39, 0.29) is 23.7 Å². The summed E-state index contributed by atoms with van der Waals surface area (Å²) in [6, 6.07) is 16.8. The molecule has 1 aliphatic carbocycles. The number of carbonyl (C=O) groups is 2. The van der Waals surface area contributed by atoms with Gasteiger partial charge < -0.3 is 16.0 Å². The van der Waals surface area contributed by atoms with Crippen LogP contribution in [-0.4, -0.2) is 28.8 Å². The number of amides is 2. The SMILES string of the molecule is Cc1cnc(Nc2ccc(C(=O)N(C)c3ccccc3)cc2)nc1C[C@@H]1CCC[C@@H]1C(N)=O. The Kier molecular flexibility index (Phi) is 6.68. The van der Waals surface area contributed by atoms with Gasteiger partial charge in [0.15, 0.2) is 0 Å². The van der Waals surface area contributed by atoms with E-state index >= 15 is 0 Å². The summed E-state index contributed by atoms with van der Waals surface area (Å²) in [5.41, 5.74) is 9.74. The molecule has 170 valence electrons. The van der Waals surface area contributed by atoms with Crippen molar-refractivity contribution in [3.8, 4) is 0 Å². The molecule has 0 radical (unpaired) electrons. The zero-order chi connectivity index (χ0) is 23.4. The first kappa shape index (κ1) is 22.5. The quantitative estimate of drug-likeness (QED) is 0.568. The number of carbonyl (C=O) groups excluding carboxylic acids is 2. The molecule has 0 spiro atoms. The highest BCUT2D eigenvalue weighted by atomic mass is 16.2. The number of aryl methyl sites for hydroxylation is 1. The van der Waals surface area contributed by atoms with Crippen molar-refractivity contribution in [1.82, 2.24) is 9.97 Å². The van der Waals surface area contributed by atoms with Gasteiger partial charge in [0.25, 0.3) is 5.91 Å². The summed E-state index contributed by atoms with van der Waals surface area (Å²) in [7, 11) is 1.76. The molecule has 2 atom stereocenters. The van der Waals surface area contributed by atoms with Gasteiger partial charge in [-0.3, -0.25) is 9.59 Å². The van der Waals surface area contributed by atoms with E-state index in [1.807, 2.05) is 49.4 Å². The second-order valence-corrected chi connectivity index (χ2v) is 8.63. The largest absolute Gasteiger partial charge is 0.369 e. The summed E-state index contributed by atoms with van der Waals surface area (Å²) in [4.78, 5) is 35.3. The highest BCUT2D eigenvalue weighted by Gasteiger charge is 2.32. The van der Waals surface area contributed by atoms with Crippen molar-refractivity contribution in [2.75, 3.05) is 17.3 Å². The maximum atomic E-state index is 12.8. The molecule has 2 aromatic carbocycles. The van der Waals surface area contributed by atoms with E-state index in [0.29, 0.717) is 11.5 Å². The van der Waals surface area contributed by atoms with Crippen LogP contribution in [0.25, 0.3) is 0 Å². The minimum atomic E-state index is -0.213. The molecule has 4 rings (SSSR count). The predicted molar refractivity (Wildman–Crippen MR) is 129 cm³/mol. The van der Waals surface area contributed by atoms with Crippen LogP contribution in [0.3, 0.4) is 0 Å². The third-order valence-electron chi connectivity index (χ3n) is 6.39. The summed E-state index contributed by atoms with van der Waals surface area (Å²) in [5.74, 6) is 0.354. The number of nitrogens with two attached hydrogens (primary N) is 1. The molecule has 1 aromatic heterocycles. The van der Waals surface area contributed by atoms with Gasteiger partial charge in [-0.15, -0.1) is 0 Å². The van der Waals surface area contributed by atoms with Crippen molar-refractivity contribution in [2.45, 2.75) is 32.6 Å². The van der Waals surface area contributed by atoms with Crippen LogP contribution in [0.15, 0.2) is 60.8 Å². The number of benzene rings is 2. The maximum absolute atomic E-state index is 12.8. The fourth-order valence-electron chi connectivity index (χ4n) is 4.44. The molecule has 7 nitrogen and oxygen atoms in total. The molecule has 33 heavy (non-hydrogen) atoms. The number of hydrogen-bond donors (Lipinski definition) is 2. The van der Waals surface area contributed by atoms with Gasteiger partial charge in [-0.25, -0.2) is 9.97 Å². The summed E-state index contributed by atoms with van der Waals surface area (Å²) < 4.78 is 0. The Morgan fingerprint density at radius 1 is 1.09 bits per heavy atom. The number of nitrogens with one attached hydrogen (secondary N) is 1. The van der Waals surface area contributed by atoms with Gasteiger partial charge in [0.2, 0.25) is 11.9 Å². The van der Waals surface area contributed by atoms with Crippen LogP contribution in [0.2, 0.25) is 0 Å². The Labute approximate surface area is 194 Å². The minimum Gasteiger partial charge on any atom is -0.369 e. The molecule has 1 aliphatic rings. The highest BCUT2D eigenvalue weighted by Crippen LogP contribution is 2.34. The first-order chi connectivity index (χ1) is 15.9. The number of anilines is 3. The molecule has 1 saturated carbocycles. The van der Waals surface area contributed by atoms with Crippen LogP contribution < -0.4 is 16.0 Å². The number of aromatic nitrogens is 2.